The maximum atomic E-state index is 12.2. The van der Waals surface area contributed by atoms with Crippen LogP contribution in [0, 0.1) is 10.1 Å². The van der Waals surface area contributed by atoms with Gasteiger partial charge in [-0.2, -0.15) is 0 Å². The molecule has 0 amide bonds. The van der Waals surface area contributed by atoms with Gasteiger partial charge in [-0.15, -0.1) is 0 Å². The summed E-state index contributed by atoms with van der Waals surface area (Å²) in [6.07, 6.45) is 0.443. The Bertz CT molecular complexity index is 898. The van der Waals surface area contributed by atoms with E-state index in [2.05, 4.69) is 4.72 Å². The van der Waals surface area contributed by atoms with Crippen LogP contribution in [0.2, 0.25) is 0 Å². The number of methoxy groups -OCH3 is 1. The van der Waals surface area contributed by atoms with E-state index in [1.807, 2.05) is 13.0 Å². The van der Waals surface area contributed by atoms with E-state index in [9.17, 15) is 18.5 Å². The largest absolute Gasteiger partial charge is 0.493 e. The van der Waals surface area contributed by atoms with Gasteiger partial charge >= 0.3 is 0 Å². The van der Waals surface area contributed by atoms with Crippen molar-refractivity contribution in [1.29, 1.82) is 0 Å². The average Bonchev–Trinajstić information content (AvgIpc) is 2.62. The molecule has 0 aliphatic rings. The predicted molar refractivity (Wildman–Crippen MR) is 102 cm³/mol. The number of nitrogens with zero attached hydrogens (tertiary/aromatic N) is 1. The van der Waals surface area contributed by atoms with Gasteiger partial charge in [-0.3, -0.25) is 10.1 Å². The zero-order chi connectivity index (χ0) is 19.9. The molecule has 8 nitrogen and oxygen atoms in total. The fraction of sp³-hybridized carbons (Fsp3) is 0.333. The molecule has 0 atom stereocenters. The zero-order valence-electron chi connectivity index (χ0n) is 15.2. The smallest absolute Gasteiger partial charge is 0.273 e. The van der Waals surface area contributed by atoms with Gasteiger partial charge in [0.2, 0.25) is 10.0 Å². The van der Waals surface area contributed by atoms with Crippen molar-refractivity contribution in [2.45, 2.75) is 19.1 Å². The molecule has 0 unspecified atom stereocenters. The van der Waals surface area contributed by atoms with Crippen molar-refractivity contribution in [3.05, 3.63) is 63.7 Å². The molecule has 27 heavy (non-hydrogen) atoms. The Morgan fingerprint density at radius 3 is 2.56 bits per heavy atom. The summed E-state index contributed by atoms with van der Waals surface area (Å²) in [5.41, 5.74) is 0.820. The molecule has 0 saturated heterocycles. The second kappa shape index (κ2) is 9.33. The van der Waals surface area contributed by atoms with Crippen LogP contribution in [0.1, 0.15) is 18.1 Å². The summed E-state index contributed by atoms with van der Waals surface area (Å²) in [5.74, 6) is 0.759. The summed E-state index contributed by atoms with van der Waals surface area (Å²) < 4.78 is 37.7. The van der Waals surface area contributed by atoms with E-state index >= 15 is 0 Å². The van der Waals surface area contributed by atoms with Gasteiger partial charge < -0.3 is 9.47 Å². The second-order valence-corrected chi connectivity index (χ2v) is 7.51. The highest BCUT2D eigenvalue weighted by molar-refractivity contribution is 7.88. The molecular weight excluding hydrogens is 372 g/mol. The van der Waals surface area contributed by atoms with Crippen LogP contribution in [0.4, 0.5) is 5.69 Å². The van der Waals surface area contributed by atoms with E-state index in [1.54, 1.807) is 18.2 Å². The van der Waals surface area contributed by atoms with Crippen molar-refractivity contribution in [3.63, 3.8) is 0 Å². The number of nitro benzene ring substituents is 1. The lowest BCUT2D eigenvalue weighted by Crippen LogP contribution is -2.27. The predicted octanol–water partition coefficient (Wildman–Crippen LogP) is 2.66. The summed E-state index contributed by atoms with van der Waals surface area (Å²) in [6.45, 7) is 2.56. The Balaban J connectivity index is 1.99. The lowest BCUT2D eigenvalue weighted by atomic mass is 10.1. The third-order valence-corrected chi connectivity index (χ3v) is 5.13. The lowest BCUT2D eigenvalue weighted by molar-refractivity contribution is -0.385. The Morgan fingerprint density at radius 1 is 1.15 bits per heavy atom. The second-order valence-electron chi connectivity index (χ2n) is 5.71. The van der Waals surface area contributed by atoms with Crippen molar-refractivity contribution in [3.8, 4) is 11.5 Å². The normalized spacial score (nSPS) is 11.2. The minimum atomic E-state index is -3.70. The molecule has 0 bridgehead atoms. The van der Waals surface area contributed by atoms with Crippen LogP contribution in [-0.4, -0.2) is 33.6 Å². The van der Waals surface area contributed by atoms with Gasteiger partial charge in [-0.25, -0.2) is 13.1 Å². The van der Waals surface area contributed by atoms with Crippen LogP contribution < -0.4 is 14.2 Å². The number of hydrogen-bond donors (Lipinski definition) is 1. The molecule has 0 heterocycles. The summed E-state index contributed by atoms with van der Waals surface area (Å²) in [6, 6.07) is 11.2. The summed E-state index contributed by atoms with van der Waals surface area (Å²) in [7, 11) is -2.16. The van der Waals surface area contributed by atoms with E-state index in [-0.39, 0.29) is 17.8 Å². The average molecular weight is 394 g/mol. The number of benzene rings is 2. The highest BCUT2D eigenvalue weighted by atomic mass is 32.2. The summed E-state index contributed by atoms with van der Waals surface area (Å²) in [4.78, 5) is 10.4. The topological polar surface area (TPSA) is 108 Å². The third kappa shape index (κ3) is 5.93. The third-order valence-electron chi connectivity index (χ3n) is 3.80. The van der Waals surface area contributed by atoms with Crippen molar-refractivity contribution in [1.82, 2.24) is 4.72 Å². The lowest BCUT2D eigenvalue weighted by Gasteiger charge is -2.11. The Morgan fingerprint density at radius 2 is 1.89 bits per heavy atom. The first-order chi connectivity index (χ1) is 12.9. The molecule has 0 aliphatic carbocycles. The summed E-state index contributed by atoms with van der Waals surface area (Å²) in [5, 5.41) is 11.0. The van der Waals surface area contributed by atoms with Crippen molar-refractivity contribution in [2.24, 2.45) is 0 Å². The maximum absolute atomic E-state index is 12.2. The van der Waals surface area contributed by atoms with Gasteiger partial charge in [-0.1, -0.05) is 24.3 Å². The first-order valence-electron chi connectivity index (χ1n) is 8.35. The molecule has 0 aromatic heterocycles. The van der Waals surface area contributed by atoms with E-state index in [1.165, 1.54) is 25.3 Å². The molecule has 0 radical (unpaired) electrons. The van der Waals surface area contributed by atoms with Crippen LogP contribution in [0.3, 0.4) is 0 Å². The van der Waals surface area contributed by atoms with Gasteiger partial charge in [0.15, 0.2) is 11.5 Å². The van der Waals surface area contributed by atoms with Gasteiger partial charge in [0, 0.05) is 18.2 Å². The highest BCUT2D eigenvalue weighted by Gasteiger charge is 2.19. The monoisotopic (exact) mass is 394 g/mol. The Hall–Kier alpha value is -2.65. The first-order valence-corrected chi connectivity index (χ1v) is 10.0. The number of rotatable bonds is 10. The Kier molecular flexibility index (Phi) is 7.14. The van der Waals surface area contributed by atoms with E-state index in [0.717, 1.165) is 5.56 Å². The summed E-state index contributed by atoms with van der Waals surface area (Å²) >= 11 is 0. The van der Waals surface area contributed by atoms with E-state index in [0.29, 0.717) is 24.5 Å². The van der Waals surface area contributed by atoms with Gasteiger partial charge in [0.1, 0.15) is 0 Å². The zero-order valence-corrected chi connectivity index (χ0v) is 16.0. The SMILES string of the molecule is CCOc1ccc(CCNS(=O)(=O)Cc2ccccc2[N+](=O)[O-])cc1OC. The number of nitrogens with one attached hydrogen (secondary N) is 1. The molecule has 0 fully saturated rings. The van der Waals surface area contributed by atoms with Crippen LogP contribution >= 0.6 is 0 Å². The van der Waals surface area contributed by atoms with Gasteiger partial charge in [0.25, 0.3) is 5.69 Å². The number of sulfonamides is 1. The maximum Gasteiger partial charge on any atom is 0.273 e. The molecule has 0 spiro atoms. The van der Waals surface area contributed by atoms with Crippen molar-refractivity contribution >= 4 is 15.7 Å². The minimum Gasteiger partial charge on any atom is -0.493 e. The standard InChI is InChI=1S/C18H22N2O6S/c1-3-26-17-9-8-14(12-18(17)25-2)10-11-19-27(23,24)13-15-6-4-5-7-16(15)20(21)22/h4-9,12,19H,3,10-11,13H2,1-2H3. The quantitative estimate of drug-likeness (QED) is 0.490. The van der Waals surface area contributed by atoms with Crippen LogP contribution in [0.15, 0.2) is 42.5 Å². The van der Waals surface area contributed by atoms with Crippen LogP contribution in [0.5, 0.6) is 11.5 Å². The number of hydrogen-bond acceptors (Lipinski definition) is 6. The molecule has 1 N–H and O–H groups in total. The number of para-hydroxylation sites is 1. The molecule has 146 valence electrons. The molecule has 0 aliphatic heterocycles. The molecule has 9 heteroatoms. The van der Waals surface area contributed by atoms with Gasteiger partial charge in [-0.05, 0) is 31.0 Å². The Labute approximate surface area is 158 Å². The highest BCUT2D eigenvalue weighted by Crippen LogP contribution is 2.28. The molecule has 2 aromatic rings. The minimum absolute atomic E-state index is 0.151. The molecule has 0 saturated carbocycles. The van der Waals surface area contributed by atoms with E-state index < -0.39 is 20.7 Å². The van der Waals surface area contributed by atoms with E-state index in [4.69, 9.17) is 9.47 Å². The van der Waals surface area contributed by atoms with Crippen molar-refractivity contribution in [2.75, 3.05) is 20.3 Å². The molecule has 2 rings (SSSR count). The molecular formula is C18H22N2O6S. The molecule has 2 aromatic carbocycles. The number of nitro groups is 1. The number of ether oxygens (including phenoxy) is 2. The fourth-order valence-corrected chi connectivity index (χ4v) is 3.73. The van der Waals surface area contributed by atoms with Crippen LogP contribution in [-0.2, 0) is 22.2 Å². The fourth-order valence-electron chi connectivity index (χ4n) is 2.56. The van der Waals surface area contributed by atoms with Crippen LogP contribution in [0.25, 0.3) is 0 Å². The first kappa shape index (κ1) is 20.7. The van der Waals surface area contributed by atoms with Crippen molar-refractivity contribution < 1.29 is 22.8 Å². The van der Waals surface area contributed by atoms with Gasteiger partial charge in [0.05, 0.1) is 24.4 Å².